The first-order chi connectivity index (χ1) is 6.44. The number of rotatable bonds is 2. The average molecular weight is 272 g/mol. The molecule has 1 rings (SSSR count). The van der Waals surface area contributed by atoms with Crippen molar-refractivity contribution in [1.29, 1.82) is 0 Å². The second-order valence-corrected chi connectivity index (χ2v) is 3.11. The number of halogens is 4. The van der Waals surface area contributed by atoms with Gasteiger partial charge in [0.05, 0.1) is 17.3 Å². The van der Waals surface area contributed by atoms with Crippen molar-refractivity contribution < 1.29 is 23.0 Å². The summed E-state index contributed by atoms with van der Waals surface area (Å²) in [5.74, 6) is -0.468. The fourth-order valence-corrected chi connectivity index (χ4v) is 1.18. The third-order valence-corrected chi connectivity index (χ3v) is 2.22. The number of alkyl halides is 3. The maximum absolute atomic E-state index is 11.8. The molecule has 1 heterocycles. The topological polar surface area (TPSA) is 42.4 Å². The van der Waals surface area contributed by atoms with Gasteiger partial charge in [-0.05, 0) is 15.9 Å². The molecule has 0 spiro atoms. The summed E-state index contributed by atoms with van der Waals surface area (Å²) in [6.07, 6.45) is -2.61. The molecule has 7 heteroatoms. The highest BCUT2D eigenvalue weighted by Crippen LogP contribution is 2.31. The van der Waals surface area contributed by atoms with Crippen LogP contribution in [-0.2, 0) is 6.61 Å². The van der Waals surface area contributed by atoms with Crippen molar-refractivity contribution >= 4 is 15.9 Å². The van der Waals surface area contributed by atoms with Crippen LogP contribution in [0.1, 0.15) is 5.56 Å². The van der Waals surface area contributed by atoms with Gasteiger partial charge in [-0.1, -0.05) is 0 Å². The summed E-state index contributed by atoms with van der Waals surface area (Å²) >= 11 is 2.87. The van der Waals surface area contributed by atoms with Crippen molar-refractivity contribution in [3.8, 4) is 5.75 Å². The van der Waals surface area contributed by atoms with E-state index in [0.717, 1.165) is 6.20 Å². The molecule has 0 fully saturated rings. The number of aliphatic hydroxyl groups excluding tert-OH is 1. The summed E-state index contributed by atoms with van der Waals surface area (Å²) in [5, 5.41) is 8.73. The molecule has 0 saturated heterocycles. The molecule has 0 aliphatic rings. The Morgan fingerprint density at radius 1 is 1.43 bits per heavy atom. The molecule has 14 heavy (non-hydrogen) atoms. The Kier molecular flexibility index (Phi) is 3.33. The van der Waals surface area contributed by atoms with Crippen molar-refractivity contribution in [1.82, 2.24) is 4.98 Å². The third-order valence-electron chi connectivity index (χ3n) is 1.32. The SMILES string of the molecule is OCc1cncc(OC(F)(F)F)c1Br. The minimum atomic E-state index is -4.77. The highest BCUT2D eigenvalue weighted by atomic mass is 79.9. The molecule has 0 amide bonds. The maximum atomic E-state index is 11.8. The summed E-state index contributed by atoms with van der Waals surface area (Å²) in [6.45, 7) is -0.414. The molecule has 3 nitrogen and oxygen atoms in total. The zero-order chi connectivity index (χ0) is 10.8. The Labute approximate surface area is 85.7 Å². The van der Waals surface area contributed by atoms with Crippen molar-refractivity contribution in [2.75, 3.05) is 0 Å². The molecule has 78 valence electrons. The van der Waals surface area contributed by atoms with Crippen LogP contribution in [0.4, 0.5) is 13.2 Å². The highest BCUT2D eigenvalue weighted by molar-refractivity contribution is 9.10. The van der Waals surface area contributed by atoms with Gasteiger partial charge in [-0.3, -0.25) is 4.98 Å². The number of nitrogens with zero attached hydrogens (tertiary/aromatic N) is 1. The molecule has 0 radical (unpaired) electrons. The van der Waals surface area contributed by atoms with Crippen LogP contribution in [0.2, 0.25) is 0 Å². The van der Waals surface area contributed by atoms with Gasteiger partial charge in [-0.25, -0.2) is 0 Å². The Hall–Kier alpha value is -0.820. The third kappa shape index (κ3) is 2.85. The van der Waals surface area contributed by atoms with Crippen LogP contribution in [-0.4, -0.2) is 16.5 Å². The predicted octanol–water partition coefficient (Wildman–Crippen LogP) is 2.24. The molecule has 0 atom stereocenters. The quantitative estimate of drug-likeness (QED) is 0.897. The first-order valence-corrected chi connectivity index (χ1v) is 4.22. The first-order valence-electron chi connectivity index (χ1n) is 3.43. The highest BCUT2D eigenvalue weighted by Gasteiger charge is 2.32. The molecule has 0 saturated carbocycles. The van der Waals surface area contributed by atoms with E-state index in [0.29, 0.717) is 0 Å². The van der Waals surface area contributed by atoms with Gasteiger partial charge in [0.2, 0.25) is 0 Å². The number of hydrogen-bond donors (Lipinski definition) is 1. The molecule has 1 aromatic heterocycles. The molecular formula is C7H5BrF3NO2. The van der Waals surface area contributed by atoms with E-state index in [9.17, 15) is 13.2 Å². The summed E-state index contributed by atoms with van der Waals surface area (Å²) in [4.78, 5) is 3.49. The molecular weight excluding hydrogens is 267 g/mol. The van der Waals surface area contributed by atoms with Crippen molar-refractivity contribution in [2.45, 2.75) is 13.0 Å². The first kappa shape index (κ1) is 11.3. The van der Waals surface area contributed by atoms with E-state index in [1.165, 1.54) is 6.20 Å². The van der Waals surface area contributed by atoms with E-state index in [1.807, 2.05) is 0 Å². The minimum Gasteiger partial charge on any atom is -0.403 e. The maximum Gasteiger partial charge on any atom is 0.573 e. The molecule has 1 aromatic rings. The summed E-state index contributed by atoms with van der Waals surface area (Å²) < 4.78 is 39.2. The Bertz CT molecular complexity index is 329. The van der Waals surface area contributed by atoms with E-state index in [-0.39, 0.29) is 10.0 Å². The number of hydrogen-bond acceptors (Lipinski definition) is 3. The molecule has 1 N–H and O–H groups in total. The van der Waals surface area contributed by atoms with E-state index < -0.39 is 18.7 Å². The molecule has 0 bridgehead atoms. The standard InChI is InChI=1S/C7H5BrF3NO2/c8-6-4(3-13)1-12-2-5(6)14-7(9,10)11/h1-2,13H,3H2. The van der Waals surface area contributed by atoms with Crippen molar-refractivity contribution in [2.24, 2.45) is 0 Å². The Balaban J connectivity index is 2.98. The molecule has 0 aliphatic carbocycles. The average Bonchev–Trinajstić information content (AvgIpc) is 2.06. The van der Waals surface area contributed by atoms with Crippen LogP contribution >= 0.6 is 15.9 Å². The molecule has 0 unspecified atom stereocenters. The van der Waals surface area contributed by atoms with Crippen LogP contribution in [0, 0.1) is 0 Å². The number of pyridine rings is 1. The van der Waals surface area contributed by atoms with Gasteiger partial charge in [0, 0.05) is 11.8 Å². The summed E-state index contributed by atoms with van der Waals surface area (Å²) in [7, 11) is 0. The predicted molar refractivity (Wildman–Crippen MR) is 44.5 cm³/mol. The lowest BCUT2D eigenvalue weighted by Crippen LogP contribution is -2.17. The van der Waals surface area contributed by atoms with Crippen LogP contribution < -0.4 is 4.74 Å². The van der Waals surface area contributed by atoms with Gasteiger partial charge in [-0.15, -0.1) is 13.2 Å². The zero-order valence-corrected chi connectivity index (χ0v) is 8.26. The normalized spacial score (nSPS) is 11.5. The van der Waals surface area contributed by atoms with Gasteiger partial charge < -0.3 is 9.84 Å². The summed E-state index contributed by atoms with van der Waals surface area (Å²) in [5.41, 5.74) is 0.228. The van der Waals surface area contributed by atoms with Crippen LogP contribution in [0.5, 0.6) is 5.75 Å². The van der Waals surface area contributed by atoms with E-state index in [2.05, 4.69) is 25.7 Å². The number of aromatic nitrogens is 1. The second kappa shape index (κ2) is 4.14. The van der Waals surface area contributed by atoms with E-state index >= 15 is 0 Å². The van der Waals surface area contributed by atoms with Crippen molar-refractivity contribution in [3.63, 3.8) is 0 Å². The minimum absolute atomic E-state index is 0.0484. The lowest BCUT2D eigenvalue weighted by Gasteiger charge is -2.11. The fraction of sp³-hybridized carbons (Fsp3) is 0.286. The lowest BCUT2D eigenvalue weighted by molar-refractivity contribution is -0.275. The van der Waals surface area contributed by atoms with Gasteiger partial charge >= 0.3 is 6.36 Å². The van der Waals surface area contributed by atoms with Gasteiger partial charge in [0.25, 0.3) is 0 Å². The monoisotopic (exact) mass is 271 g/mol. The van der Waals surface area contributed by atoms with Gasteiger partial charge in [0.1, 0.15) is 0 Å². The van der Waals surface area contributed by atoms with Gasteiger partial charge in [0.15, 0.2) is 5.75 Å². The Morgan fingerprint density at radius 2 is 2.07 bits per heavy atom. The zero-order valence-electron chi connectivity index (χ0n) is 6.68. The van der Waals surface area contributed by atoms with Crippen LogP contribution in [0.15, 0.2) is 16.9 Å². The Morgan fingerprint density at radius 3 is 2.57 bits per heavy atom. The van der Waals surface area contributed by atoms with Gasteiger partial charge in [-0.2, -0.15) is 0 Å². The van der Waals surface area contributed by atoms with E-state index in [1.54, 1.807) is 0 Å². The van der Waals surface area contributed by atoms with Crippen LogP contribution in [0.3, 0.4) is 0 Å². The van der Waals surface area contributed by atoms with E-state index in [4.69, 9.17) is 5.11 Å². The molecule has 0 aromatic carbocycles. The number of ether oxygens (including phenoxy) is 1. The smallest absolute Gasteiger partial charge is 0.403 e. The molecule has 0 aliphatic heterocycles. The largest absolute Gasteiger partial charge is 0.573 e. The summed E-state index contributed by atoms with van der Waals surface area (Å²) in [6, 6.07) is 0. The van der Waals surface area contributed by atoms with Crippen LogP contribution in [0.25, 0.3) is 0 Å². The lowest BCUT2D eigenvalue weighted by atomic mass is 10.3. The fourth-order valence-electron chi connectivity index (χ4n) is 0.773. The second-order valence-electron chi connectivity index (χ2n) is 2.32. The number of aliphatic hydroxyl groups is 1. The van der Waals surface area contributed by atoms with Crippen molar-refractivity contribution in [3.05, 3.63) is 22.4 Å².